The number of fused-ring (bicyclic) bond motifs is 1. The first-order chi connectivity index (χ1) is 10.3. The van der Waals surface area contributed by atoms with Gasteiger partial charge in [0, 0.05) is 24.2 Å². The van der Waals surface area contributed by atoms with E-state index in [2.05, 4.69) is 20.4 Å². The first kappa shape index (κ1) is 13.5. The summed E-state index contributed by atoms with van der Waals surface area (Å²) in [7, 11) is 1.91. The van der Waals surface area contributed by atoms with Crippen molar-refractivity contribution in [3.63, 3.8) is 0 Å². The Kier molecular flexibility index (Phi) is 3.79. The third-order valence-electron chi connectivity index (χ3n) is 3.33. The lowest BCUT2D eigenvalue weighted by molar-refractivity contribution is 0.338. The zero-order valence-corrected chi connectivity index (χ0v) is 12.0. The first-order valence-corrected chi connectivity index (χ1v) is 6.85. The number of rotatable bonds is 5. The van der Waals surface area contributed by atoms with Crippen LogP contribution in [-0.2, 0) is 0 Å². The lowest BCUT2D eigenvalue weighted by atomic mass is 10.0. The van der Waals surface area contributed by atoms with Crippen molar-refractivity contribution in [3.05, 3.63) is 54.4 Å². The van der Waals surface area contributed by atoms with Gasteiger partial charge in [0.2, 0.25) is 0 Å². The molecule has 3 heterocycles. The standard InChI is InChI=1S/C15H17N5O/c1-3-21-12-6-11(7-18-8-12)15(16-2)13-9-19-20-5-4-17-10-14(13)20/h4-10,15-16H,3H2,1-2H3. The van der Waals surface area contributed by atoms with Gasteiger partial charge in [-0.15, -0.1) is 0 Å². The van der Waals surface area contributed by atoms with Crippen LogP contribution in [-0.4, -0.2) is 33.2 Å². The van der Waals surface area contributed by atoms with Gasteiger partial charge in [0.25, 0.3) is 0 Å². The molecule has 0 amide bonds. The van der Waals surface area contributed by atoms with Crippen LogP contribution in [0.15, 0.2) is 43.2 Å². The summed E-state index contributed by atoms with van der Waals surface area (Å²) in [5.41, 5.74) is 3.06. The fourth-order valence-electron chi connectivity index (χ4n) is 2.42. The molecule has 1 N–H and O–H groups in total. The summed E-state index contributed by atoms with van der Waals surface area (Å²) < 4.78 is 7.33. The maximum absolute atomic E-state index is 5.52. The van der Waals surface area contributed by atoms with E-state index < -0.39 is 0 Å². The second-order valence-electron chi connectivity index (χ2n) is 4.61. The summed E-state index contributed by atoms with van der Waals surface area (Å²) in [6, 6.07) is 1.98. The van der Waals surface area contributed by atoms with Crippen molar-refractivity contribution in [1.82, 2.24) is 24.9 Å². The lowest BCUT2D eigenvalue weighted by Gasteiger charge is -2.16. The van der Waals surface area contributed by atoms with Gasteiger partial charge in [0.1, 0.15) is 5.75 Å². The van der Waals surface area contributed by atoms with Gasteiger partial charge in [-0.05, 0) is 25.6 Å². The van der Waals surface area contributed by atoms with Crippen molar-refractivity contribution in [2.75, 3.05) is 13.7 Å². The summed E-state index contributed by atoms with van der Waals surface area (Å²) in [6.07, 6.45) is 10.8. The average Bonchev–Trinajstić information content (AvgIpc) is 2.93. The van der Waals surface area contributed by atoms with Gasteiger partial charge in [-0.25, -0.2) is 4.52 Å². The number of hydrogen-bond acceptors (Lipinski definition) is 5. The fourth-order valence-corrected chi connectivity index (χ4v) is 2.42. The Morgan fingerprint density at radius 3 is 2.95 bits per heavy atom. The minimum atomic E-state index is -0.0143. The SMILES string of the molecule is CCOc1cncc(C(NC)c2cnn3ccncc23)c1. The van der Waals surface area contributed by atoms with Crippen molar-refractivity contribution in [3.8, 4) is 5.75 Å². The molecule has 0 aliphatic heterocycles. The van der Waals surface area contributed by atoms with Crippen LogP contribution in [0.25, 0.3) is 5.52 Å². The first-order valence-electron chi connectivity index (χ1n) is 6.85. The number of nitrogens with one attached hydrogen (secondary N) is 1. The van der Waals surface area contributed by atoms with Gasteiger partial charge < -0.3 is 10.1 Å². The molecule has 0 bridgehead atoms. The second-order valence-corrected chi connectivity index (χ2v) is 4.61. The molecule has 0 radical (unpaired) electrons. The average molecular weight is 283 g/mol. The van der Waals surface area contributed by atoms with Crippen LogP contribution >= 0.6 is 0 Å². The van der Waals surface area contributed by atoms with Crippen molar-refractivity contribution >= 4 is 5.52 Å². The normalized spacial score (nSPS) is 12.5. The predicted octanol–water partition coefficient (Wildman–Crippen LogP) is 1.83. The van der Waals surface area contributed by atoms with Crippen LogP contribution in [0.3, 0.4) is 0 Å². The molecular weight excluding hydrogens is 266 g/mol. The van der Waals surface area contributed by atoms with E-state index in [1.54, 1.807) is 12.4 Å². The summed E-state index contributed by atoms with van der Waals surface area (Å²) in [5, 5.41) is 7.66. The van der Waals surface area contributed by atoms with E-state index in [0.29, 0.717) is 6.61 Å². The van der Waals surface area contributed by atoms with Crippen molar-refractivity contribution in [2.24, 2.45) is 0 Å². The highest BCUT2D eigenvalue weighted by Crippen LogP contribution is 2.26. The van der Waals surface area contributed by atoms with Crippen LogP contribution in [0.1, 0.15) is 24.1 Å². The van der Waals surface area contributed by atoms with Crippen LogP contribution in [0.2, 0.25) is 0 Å². The minimum Gasteiger partial charge on any atom is -0.492 e. The molecule has 0 aliphatic carbocycles. The molecule has 1 atom stereocenters. The maximum Gasteiger partial charge on any atom is 0.137 e. The predicted molar refractivity (Wildman–Crippen MR) is 79.3 cm³/mol. The Labute approximate surface area is 122 Å². The van der Waals surface area contributed by atoms with E-state index in [4.69, 9.17) is 4.74 Å². The minimum absolute atomic E-state index is 0.0143. The lowest BCUT2D eigenvalue weighted by Crippen LogP contribution is -2.17. The number of aromatic nitrogens is 4. The number of hydrogen-bond donors (Lipinski definition) is 1. The molecule has 0 saturated heterocycles. The summed E-state index contributed by atoms with van der Waals surface area (Å²) in [6.45, 7) is 2.58. The van der Waals surface area contributed by atoms with Gasteiger partial charge in [-0.3, -0.25) is 9.97 Å². The molecule has 6 heteroatoms. The summed E-state index contributed by atoms with van der Waals surface area (Å²) >= 11 is 0. The van der Waals surface area contributed by atoms with E-state index in [-0.39, 0.29) is 6.04 Å². The quantitative estimate of drug-likeness (QED) is 0.774. The van der Waals surface area contributed by atoms with Gasteiger partial charge in [0.05, 0.1) is 36.8 Å². The highest BCUT2D eigenvalue weighted by Gasteiger charge is 2.17. The van der Waals surface area contributed by atoms with Crippen LogP contribution in [0.4, 0.5) is 0 Å². The largest absolute Gasteiger partial charge is 0.492 e. The molecule has 21 heavy (non-hydrogen) atoms. The highest BCUT2D eigenvalue weighted by molar-refractivity contribution is 5.55. The molecule has 3 aromatic heterocycles. The molecule has 6 nitrogen and oxygen atoms in total. The third kappa shape index (κ3) is 2.57. The second kappa shape index (κ2) is 5.88. The van der Waals surface area contributed by atoms with E-state index in [1.807, 2.05) is 49.3 Å². The molecular formula is C15H17N5O. The van der Waals surface area contributed by atoms with Crippen molar-refractivity contribution < 1.29 is 4.74 Å². The molecule has 108 valence electrons. The molecule has 0 saturated carbocycles. The Hall–Kier alpha value is -2.47. The molecule has 3 rings (SSSR count). The molecule has 0 aromatic carbocycles. The maximum atomic E-state index is 5.52. The van der Waals surface area contributed by atoms with Crippen molar-refractivity contribution in [1.29, 1.82) is 0 Å². The van der Waals surface area contributed by atoms with E-state index >= 15 is 0 Å². The van der Waals surface area contributed by atoms with Crippen molar-refractivity contribution in [2.45, 2.75) is 13.0 Å². The molecule has 1 unspecified atom stereocenters. The Balaban J connectivity index is 2.03. The zero-order chi connectivity index (χ0) is 14.7. The van der Waals surface area contributed by atoms with Crippen LogP contribution in [0, 0.1) is 0 Å². The molecule has 0 fully saturated rings. The number of nitrogens with zero attached hydrogens (tertiary/aromatic N) is 4. The van der Waals surface area contributed by atoms with E-state index in [9.17, 15) is 0 Å². The molecule has 0 spiro atoms. The Morgan fingerprint density at radius 1 is 1.24 bits per heavy atom. The van der Waals surface area contributed by atoms with E-state index in [0.717, 1.165) is 22.4 Å². The van der Waals surface area contributed by atoms with Crippen LogP contribution in [0.5, 0.6) is 5.75 Å². The van der Waals surface area contributed by atoms with Gasteiger partial charge >= 0.3 is 0 Å². The van der Waals surface area contributed by atoms with Gasteiger partial charge in [-0.2, -0.15) is 5.10 Å². The molecule has 0 aliphatic rings. The van der Waals surface area contributed by atoms with Gasteiger partial charge in [0.15, 0.2) is 0 Å². The summed E-state index contributed by atoms with van der Waals surface area (Å²) in [4.78, 5) is 8.43. The van der Waals surface area contributed by atoms with Gasteiger partial charge in [-0.1, -0.05) is 0 Å². The topological polar surface area (TPSA) is 64.3 Å². The Bertz CT molecular complexity index is 740. The molecule has 3 aromatic rings. The fraction of sp³-hybridized carbons (Fsp3) is 0.267. The third-order valence-corrected chi connectivity index (χ3v) is 3.33. The van der Waals surface area contributed by atoms with Crippen LogP contribution < -0.4 is 10.1 Å². The smallest absolute Gasteiger partial charge is 0.137 e. The highest BCUT2D eigenvalue weighted by atomic mass is 16.5. The number of ether oxygens (including phenoxy) is 1. The zero-order valence-electron chi connectivity index (χ0n) is 12.0. The monoisotopic (exact) mass is 283 g/mol. The number of pyridine rings is 1. The van der Waals surface area contributed by atoms with E-state index in [1.165, 1.54) is 0 Å². The summed E-state index contributed by atoms with van der Waals surface area (Å²) in [5.74, 6) is 0.768. The Morgan fingerprint density at radius 2 is 2.14 bits per heavy atom.